The maximum atomic E-state index is 15.2. The Labute approximate surface area is 194 Å². The van der Waals surface area contributed by atoms with Crippen LogP contribution in [0.3, 0.4) is 0 Å². The monoisotopic (exact) mass is 461 g/mol. The van der Waals surface area contributed by atoms with Gasteiger partial charge in [-0.1, -0.05) is 12.1 Å². The number of aromatic amines is 1. The van der Waals surface area contributed by atoms with Gasteiger partial charge in [-0.2, -0.15) is 10.4 Å². The first-order valence-electron chi connectivity index (χ1n) is 10.5. The first kappa shape index (κ1) is 22.9. The van der Waals surface area contributed by atoms with Crippen LogP contribution in [0, 0.1) is 17.1 Å². The summed E-state index contributed by atoms with van der Waals surface area (Å²) in [5, 5.41) is 16.5. The van der Waals surface area contributed by atoms with Crippen molar-refractivity contribution in [3.8, 4) is 22.9 Å². The number of carbonyl (C=O) groups excluding carboxylic acids is 1. The fraction of sp³-hybridized carbons (Fsp3) is 0.200. The highest BCUT2D eigenvalue weighted by Crippen LogP contribution is 2.34. The Morgan fingerprint density at radius 1 is 1.26 bits per heavy atom. The highest BCUT2D eigenvalue weighted by Gasteiger charge is 2.22. The van der Waals surface area contributed by atoms with E-state index in [1.54, 1.807) is 31.2 Å². The number of alkyl halides is 1. The highest BCUT2D eigenvalue weighted by molar-refractivity contribution is 5.96. The topological polar surface area (TPSA) is 94.9 Å². The molecule has 0 fully saturated rings. The minimum atomic E-state index is -0.736. The van der Waals surface area contributed by atoms with Gasteiger partial charge in [0.1, 0.15) is 18.2 Å². The Morgan fingerprint density at radius 2 is 2.09 bits per heavy atom. The van der Waals surface area contributed by atoms with Crippen molar-refractivity contribution in [1.82, 2.24) is 20.1 Å². The molecule has 7 nitrogen and oxygen atoms in total. The fourth-order valence-corrected chi connectivity index (χ4v) is 3.77. The number of nitriles is 1. The minimum absolute atomic E-state index is 0.104. The number of carbonyl (C=O) groups is 1. The van der Waals surface area contributed by atoms with Crippen LogP contribution in [0.5, 0.6) is 5.75 Å². The van der Waals surface area contributed by atoms with E-state index in [0.29, 0.717) is 45.5 Å². The second kappa shape index (κ2) is 9.67. The van der Waals surface area contributed by atoms with Gasteiger partial charge < -0.3 is 9.64 Å². The molecule has 4 rings (SSSR count). The summed E-state index contributed by atoms with van der Waals surface area (Å²) in [6.45, 7) is 1.47. The molecule has 0 aliphatic carbocycles. The van der Waals surface area contributed by atoms with E-state index < -0.39 is 18.4 Å². The third kappa shape index (κ3) is 4.30. The molecule has 9 heteroatoms. The number of ether oxygens (including phenoxy) is 1. The summed E-state index contributed by atoms with van der Waals surface area (Å²) in [6, 6.07) is 11.4. The predicted octanol–water partition coefficient (Wildman–Crippen LogP) is 4.78. The molecule has 0 aliphatic heterocycles. The van der Waals surface area contributed by atoms with Crippen molar-refractivity contribution in [2.24, 2.45) is 0 Å². The molecule has 0 bridgehead atoms. The summed E-state index contributed by atoms with van der Waals surface area (Å²) in [5.41, 5.74) is 2.78. The van der Waals surface area contributed by atoms with Gasteiger partial charge >= 0.3 is 0 Å². The van der Waals surface area contributed by atoms with Crippen molar-refractivity contribution in [1.29, 1.82) is 5.26 Å². The van der Waals surface area contributed by atoms with Crippen LogP contribution in [0.2, 0.25) is 0 Å². The van der Waals surface area contributed by atoms with Crippen molar-refractivity contribution in [3.05, 3.63) is 77.0 Å². The molecule has 0 saturated carbocycles. The molecular weight excluding hydrogens is 440 g/mol. The normalized spacial score (nSPS) is 10.8. The molecular formula is C25H21F2N5O2. The number of fused-ring (bicyclic) bond motifs is 1. The molecule has 0 radical (unpaired) electrons. The zero-order chi connectivity index (χ0) is 24.2. The van der Waals surface area contributed by atoms with Crippen molar-refractivity contribution in [2.75, 3.05) is 13.7 Å². The number of aromatic nitrogens is 3. The van der Waals surface area contributed by atoms with E-state index in [1.165, 1.54) is 36.5 Å². The lowest BCUT2D eigenvalue weighted by Crippen LogP contribution is -2.27. The molecule has 0 atom stereocenters. The smallest absolute Gasteiger partial charge is 0.257 e. The van der Waals surface area contributed by atoms with E-state index in [4.69, 9.17) is 4.74 Å². The van der Waals surface area contributed by atoms with Crippen LogP contribution in [0.1, 0.15) is 34.1 Å². The number of benzene rings is 2. The second-order valence-corrected chi connectivity index (χ2v) is 7.64. The number of amides is 1. The number of hydrogen-bond donors (Lipinski definition) is 1. The van der Waals surface area contributed by atoms with Crippen LogP contribution in [-0.4, -0.2) is 39.6 Å². The maximum Gasteiger partial charge on any atom is 0.257 e. The summed E-state index contributed by atoms with van der Waals surface area (Å²) in [7, 11) is 1.54. The summed E-state index contributed by atoms with van der Waals surface area (Å²) < 4.78 is 34.0. The van der Waals surface area contributed by atoms with Gasteiger partial charge in [0.05, 0.1) is 41.2 Å². The van der Waals surface area contributed by atoms with Gasteiger partial charge in [-0.15, -0.1) is 0 Å². The molecule has 0 aliphatic rings. The number of halogens is 2. The van der Waals surface area contributed by atoms with Gasteiger partial charge in [-0.05, 0) is 36.8 Å². The van der Waals surface area contributed by atoms with Crippen LogP contribution in [0.15, 0.2) is 48.8 Å². The SMILES string of the molecule is CCOc1cc(C(=O)N(C)Cc2cnc(CF)c3cn[nH]c23)c(F)cc1-c1cccc(C#N)c1. The molecule has 1 N–H and O–H groups in total. The van der Waals surface area contributed by atoms with Gasteiger partial charge in [-0.25, -0.2) is 8.78 Å². The van der Waals surface area contributed by atoms with E-state index in [-0.39, 0.29) is 17.8 Å². The molecule has 172 valence electrons. The summed E-state index contributed by atoms with van der Waals surface area (Å²) >= 11 is 0. The minimum Gasteiger partial charge on any atom is -0.493 e. The van der Waals surface area contributed by atoms with E-state index in [1.807, 2.05) is 0 Å². The molecule has 0 unspecified atom stereocenters. The zero-order valence-corrected chi connectivity index (χ0v) is 18.6. The van der Waals surface area contributed by atoms with Crippen molar-refractivity contribution in [2.45, 2.75) is 20.1 Å². The van der Waals surface area contributed by atoms with Crippen LogP contribution in [-0.2, 0) is 13.2 Å². The van der Waals surface area contributed by atoms with Crippen LogP contribution in [0.4, 0.5) is 8.78 Å². The Kier molecular flexibility index (Phi) is 6.50. The molecule has 2 heterocycles. The maximum absolute atomic E-state index is 15.2. The van der Waals surface area contributed by atoms with Crippen molar-refractivity contribution in [3.63, 3.8) is 0 Å². The molecule has 0 saturated heterocycles. The van der Waals surface area contributed by atoms with E-state index in [2.05, 4.69) is 21.3 Å². The number of H-pyrrole nitrogens is 1. The third-order valence-electron chi connectivity index (χ3n) is 5.43. The first-order chi connectivity index (χ1) is 16.5. The van der Waals surface area contributed by atoms with Crippen LogP contribution in [0.25, 0.3) is 22.0 Å². The number of pyridine rings is 1. The van der Waals surface area contributed by atoms with E-state index >= 15 is 4.39 Å². The lowest BCUT2D eigenvalue weighted by Gasteiger charge is -2.20. The third-order valence-corrected chi connectivity index (χ3v) is 5.43. The number of hydrogen-bond acceptors (Lipinski definition) is 5. The zero-order valence-electron chi connectivity index (χ0n) is 18.6. The Morgan fingerprint density at radius 3 is 2.82 bits per heavy atom. The van der Waals surface area contributed by atoms with E-state index in [9.17, 15) is 14.4 Å². The first-order valence-corrected chi connectivity index (χ1v) is 10.5. The van der Waals surface area contributed by atoms with Gasteiger partial charge in [0.2, 0.25) is 0 Å². The molecule has 4 aromatic rings. The largest absolute Gasteiger partial charge is 0.493 e. The Hall–Kier alpha value is -4.32. The van der Waals surface area contributed by atoms with Crippen LogP contribution >= 0.6 is 0 Å². The molecule has 2 aromatic heterocycles. The van der Waals surface area contributed by atoms with Gasteiger partial charge in [-0.3, -0.25) is 14.9 Å². The predicted molar refractivity (Wildman–Crippen MR) is 122 cm³/mol. The van der Waals surface area contributed by atoms with Gasteiger partial charge in [0.15, 0.2) is 0 Å². The number of nitrogens with one attached hydrogen (secondary N) is 1. The Balaban J connectivity index is 1.67. The lowest BCUT2D eigenvalue weighted by atomic mass is 9.99. The van der Waals surface area contributed by atoms with Gasteiger partial charge in [0, 0.05) is 36.3 Å². The standard InChI is InChI=1S/C25H21F2N5O2/c1-3-34-23-9-19(21(27)8-18(23)16-6-4-5-15(7-16)11-28)25(33)32(2)14-17-12-29-22(10-26)20-13-30-31-24(17)20/h4-9,12-13H,3,10,14H2,1-2H3,(H,30,31). The number of nitrogens with zero attached hydrogens (tertiary/aromatic N) is 4. The number of rotatable bonds is 7. The summed E-state index contributed by atoms with van der Waals surface area (Å²) in [4.78, 5) is 18.6. The average molecular weight is 461 g/mol. The second-order valence-electron chi connectivity index (χ2n) is 7.64. The quantitative estimate of drug-likeness (QED) is 0.428. The van der Waals surface area contributed by atoms with E-state index in [0.717, 1.165) is 0 Å². The van der Waals surface area contributed by atoms with Gasteiger partial charge in [0.25, 0.3) is 5.91 Å². The van der Waals surface area contributed by atoms with Crippen molar-refractivity contribution < 1.29 is 18.3 Å². The van der Waals surface area contributed by atoms with Crippen LogP contribution < -0.4 is 4.74 Å². The average Bonchev–Trinajstić information content (AvgIpc) is 3.35. The summed E-state index contributed by atoms with van der Waals surface area (Å²) in [6.07, 6.45) is 2.96. The molecule has 1 amide bonds. The lowest BCUT2D eigenvalue weighted by molar-refractivity contribution is 0.0780. The molecule has 0 spiro atoms. The Bertz CT molecular complexity index is 1410. The fourth-order valence-electron chi connectivity index (χ4n) is 3.77. The molecule has 34 heavy (non-hydrogen) atoms. The summed E-state index contributed by atoms with van der Waals surface area (Å²) in [5.74, 6) is -0.936. The van der Waals surface area contributed by atoms with Crippen molar-refractivity contribution >= 4 is 16.8 Å². The molecule has 2 aromatic carbocycles. The highest BCUT2D eigenvalue weighted by atomic mass is 19.1.